The minimum Gasteiger partial charge on any atom is -0.388 e. The van der Waals surface area contributed by atoms with Crippen molar-refractivity contribution in [2.24, 2.45) is 0 Å². The largest absolute Gasteiger partial charge is 0.388 e. The molecular weight excluding hydrogens is 405 g/mol. The molecule has 1 aromatic carbocycles. The molecule has 2 heterocycles. The Bertz CT molecular complexity index is 974. The van der Waals surface area contributed by atoms with Crippen LogP contribution in [0, 0.1) is 0 Å². The number of aromatic amines is 1. The van der Waals surface area contributed by atoms with Gasteiger partial charge in [-0.2, -0.15) is 0 Å². The maximum atomic E-state index is 11.3. The topological polar surface area (TPSA) is 70.9 Å². The molecule has 0 bridgehead atoms. The average molecular weight is 424 g/mol. The van der Waals surface area contributed by atoms with Crippen molar-refractivity contribution < 1.29 is 5.11 Å². The van der Waals surface area contributed by atoms with Gasteiger partial charge in [-0.25, -0.2) is 4.98 Å². The molecular formula is C19H19Cl2N3O2S. The number of pyridine rings is 1. The molecule has 0 atom stereocenters. The van der Waals surface area contributed by atoms with Crippen LogP contribution >= 0.6 is 35.0 Å². The zero-order chi connectivity index (χ0) is 19.6. The van der Waals surface area contributed by atoms with Crippen LogP contribution in [0.4, 0.5) is 0 Å². The van der Waals surface area contributed by atoms with Crippen LogP contribution in [0.3, 0.4) is 0 Å². The molecule has 2 aromatic heterocycles. The number of imidazole rings is 1. The number of hydrogen-bond acceptors (Lipinski definition) is 4. The van der Waals surface area contributed by atoms with Gasteiger partial charge in [-0.1, -0.05) is 54.9 Å². The highest BCUT2D eigenvalue weighted by Crippen LogP contribution is 2.37. The average Bonchev–Trinajstić information content (AvgIpc) is 2.94. The quantitative estimate of drug-likeness (QED) is 0.602. The van der Waals surface area contributed by atoms with E-state index in [-0.39, 0.29) is 18.1 Å². The summed E-state index contributed by atoms with van der Waals surface area (Å²) in [5.74, 6) is 0.741. The van der Waals surface area contributed by atoms with Crippen LogP contribution in [0.25, 0.3) is 0 Å². The fourth-order valence-electron chi connectivity index (χ4n) is 2.69. The minimum absolute atomic E-state index is 0.155. The van der Waals surface area contributed by atoms with E-state index in [4.69, 9.17) is 23.2 Å². The van der Waals surface area contributed by atoms with Crippen LogP contribution in [0.5, 0.6) is 0 Å². The summed E-state index contributed by atoms with van der Waals surface area (Å²) in [6, 6.07) is 8.63. The zero-order valence-electron chi connectivity index (χ0n) is 14.9. The van der Waals surface area contributed by atoms with E-state index in [0.717, 1.165) is 21.2 Å². The Balaban J connectivity index is 2.07. The molecule has 5 nitrogen and oxygen atoms in total. The number of nitrogens with one attached hydrogen (secondary N) is 1. The lowest BCUT2D eigenvalue weighted by atomic mass is 10.1. The molecule has 27 heavy (non-hydrogen) atoms. The Hall–Kier alpha value is -1.73. The lowest BCUT2D eigenvalue weighted by molar-refractivity contribution is 0.265. The molecule has 0 unspecified atom stereocenters. The van der Waals surface area contributed by atoms with Crippen molar-refractivity contribution in [1.29, 1.82) is 0 Å². The summed E-state index contributed by atoms with van der Waals surface area (Å²) in [6.45, 7) is 4.41. The first-order chi connectivity index (χ1) is 12.9. The third-order valence-corrected chi connectivity index (χ3v) is 5.48. The summed E-state index contributed by atoms with van der Waals surface area (Å²) in [4.78, 5) is 19.5. The van der Waals surface area contributed by atoms with Gasteiger partial charge in [-0.15, -0.1) is 0 Å². The van der Waals surface area contributed by atoms with Gasteiger partial charge in [0.05, 0.1) is 12.2 Å². The maximum absolute atomic E-state index is 11.3. The fraction of sp³-hybridized carbons (Fsp3) is 0.263. The highest BCUT2D eigenvalue weighted by atomic mass is 35.5. The van der Waals surface area contributed by atoms with Crippen LogP contribution in [-0.4, -0.2) is 19.6 Å². The molecule has 0 aliphatic carbocycles. The number of halogens is 2. The standard InChI is InChI=1S/C19H19Cl2N3O2S/c1-11(2)18-19(27-15-6-13(20)5-14(21)7-15)24(16(10-25)23-18)9-12-3-4-17(26)22-8-12/h3-8,11,25H,9-10H2,1-2H3,(H,22,26). The predicted molar refractivity (Wildman–Crippen MR) is 109 cm³/mol. The van der Waals surface area contributed by atoms with E-state index in [1.165, 1.54) is 17.8 Å². The number of hydrogen-bond donors (Lipinski definition) is 2. The number of aromatic nitrogens is 3. The highest BCUT2D eigenvalue weighted by molar-refractivity contribution is 7.99. The SMILES string of the molecule is CC(C)c1nc(CO)n(Cc2ccc(=O)[nH]c2)c1Sc1cc(Cl)cc(Cl)c1. The fourth-order valence-corrected chi connectivity index (χ4v) is 4.61. The molecule has 0 aliphatic heterocycles. The number of benzene rings is 1. The zero-order valence-corrected chi connectivity index (χ0v) is 17.2. The van der Waals surface area contributed by atoms with E-state index in [1.807, 2.05) is 16.7 Å². The molecule has 2 N–H and O–H groups in total. The second kappa shape index (κ2) is 8.52. The van der Waals surface area contributed by atoms with Crippen LogP contribution in [0.15, 0.2) is 51.2 Å². The first-order valence-electron chi connectivity index (χ1n) is 8.39. The van der Waals surface area contributed by atoms with Gasteiger partial charge in [0.1, 0.15) is 17.5 Å². The van der Waals surface area contributed by atoms with E-state index in [0.29, 0.717) is 22.4 Å². The van der Waals surface area contributed by atoms with Crippen molar-refractivity contribution in [1.82, 2.24) is 14.5 Å². The Labute approximate surface area is 171 Å². The number of aliphatic hydroxyl groups is 1. The van der Waals surface area contributed by atoms with Crippen molar-refractivity contribution in [3.8, 4) is 0 Å². The predicted octanol–water partition coefficient (Wildman–Crippen LogP) is 4.69. The molecule has 8 heteroatoms. The van der Waals surface area contributed by atoms with Gasteiger partial charge < -0.3 is 14.7 Å². The Morgan fingerprint density at radius 1 is 1.22 bits per heavy atom. The van der Waals surface area contributed by atoms with E-state index >= 15 is 0 Å². The van der Waals surface area contributed by atoms with Crippen molar-refractivity contribution >= 4 is 35.0 Å². The Morgan fingerprint density at radius 2 is 1.93 bits per heavy atom. The van der Waals surface area contributed by atoms with Crippen LogP contribution in [-0.2, 0) is 13.2 Å². The summed E-state index contributed by atoms with van der Waals surface area (Å²) in [6.07, 6.45) is 1.67. The number of aliphatic hydroxyl groups excluding tert-OH is 1. The van der Waals surface area contributed by atoms with Crippen molar-refractivity contribution in [3.63, 3.8) is 0 Å². The number of nitrogens with zero attached hydrogens (tertiary/aromatic N) is 2. The summed E-state index contributed by atoms with van der Waals surface area (Å²) in [5.41, 5.74) is 1.64. The van der Waals surface area contributed by atoms with Gasteiger partial charge in [0.25, 0.3) is 0 Å². The minimum atomic E-state index is -0.181. The Morgan fingerprint density at radius 3 is 2.48 bits per heavy atom. The Kier molecular flexibility index (Phi) is 6.32. The second-order valence-electron chi connectivity index (χ2n) is 6.39. The molecule has 0 spiro atoms. The molecule has 3 aromatic rings. The summed E-state index contributed by atoms with van der Waals surface area (Å²) >= 11 is 13.8. The van der Waals surface area contributed by atoms with Gasteiger partial charge in [-0.05, 0) is 29.7 Å². The van der Waals surface area contributed by atoms with Crippen molar-refractivity contribution in [2.75, 3.05) is 0 Å². The smallest absolute Gasteiger partial charge is 0.247 e. The lowest BCUT2D eigenvalue weighted by Gasteiger charge is -2.13. The molecule has 0 radical (unpaired) electrons. The van der Waals surface area contributed by atoms with Crippen molar-refractivity contribution in [2.45, 2.75) is 42.8 Å². The molecule has 3 rings (SSSR count). The van der Waals surface area contributed by atoms with Gasteiger partial charge in [0.2, 0.25) is 5.56 Å². The number of rotatable bonds is 6. The molecule has 0 fully saturated rings. The molecule has 0 aliphatic rings. The monoisotopic (exact) mass is 423 g/mol. The second-order valence-corrected chi connectivity index (χ2v) is 8.32. The molecule has 0 saturated carbocycles. The van der Waals surface area contributed by atoms with Gasteiger partial charge in [0.15, 0.2) is 0 Å². The van der Waals surface area contributed by atoms with Crippen LogP contribution in [0.1, 0.15) is 36.8 Å². The van der Waals surface area contributed by atoms with E-state index in [9.17, 15) is 9.90 Å². The lowest BCUT2D eigenvalue weighted by Crippen LogP contribution is -2.09. The molecule has 0 saturated heterocycles. The van der Waals surface area contributed by atoms with Crippen LogP contribution < -0.4 is 5.56 Å². The van der Waals surface area contributed by atoms with Crippen LogP contribution in [0.2, 0.25) is 10.0 Å². The van der Waals surface area contributed by atoms with E-state index in [1.54, 1.807) is 18.3 Å². The molecule has 0 amide bonds. The first-order valence-corrected chi connectivity index (χ1v) is 9.96. The van der Waals surface area contributed by atoms with E-state index < -0.39 is 0 Å². The van der Waals surface area contributed by atoms with Gasteiger partial charge in [0, 0.05) is 27.2 Å². The summed E-state index contributed by atoms with van der Waals surface area (Å²) < 4.78 is 1.96. The normalized spacial score (nSPS) is 11.3. The third kappa shape index (κ3) is 4.76. The highest BCUT2D eigenvalue weighted by Gasteiger charge is 2.20. The van der Waals surface area contributed by atoms with Gasteiger partial charge in [-0.3, -0.25) is 4.79 Å². The van der Waals surface area contributed by atoms with Crippen molar-refractivity contribution in [3.05, 3.63) is 74.0 Å². The summed E-state index contributed by atoms with van der Waals surface area (Å²) in [7, 11) is 0. The third-order valence-electron chi connectivity index (χ3n) is 3.95. The number of H-pyrrole nitrogens is 1. The summed E-state index contributed by atoms with van der Waals surface area (Å²) in [5, 5.41) is 11.9. The molecule has 142 valence electrons. The first kappa shape index (κ1) is 20.0. The van der Waals surface area contributed by atoms with Gasteiger partial charge >= 0.3 is 0 Å². The van der Waals surface area contributed by atoms with E-state index in [2.05, 4.69) is 23.8 Å². The maximum Gasteiger partial charge on any atom is 0.247 e.